The van der Waals surface area contributed by atoms with Crippen molar-refractivity contribution in [2.45, 2.75) is 70.4 Å². The average Bonchev–Trinajstić information content (AvgIpc) is 3.30. The Morgan fingerprint density at radius 2 is 2.21 bits per heavy atom. The first-order valence-electron chi connectivity index (χ1n) is 10.6. The molecular formula is C21H30F2N4O2. The Morgan fingerprint density at radius 3 is 2.97 bits per heavy atom. The molecule has 0 spiro atoms. The van der Waals surface area contributed by atoms with Crippen molar-refractivity contribution in [1.82, 2.24) is 21.0 Å². The molecule has 2 aliphatic heterocycles. The van der Waals surface area contributed by atoms with Gasteiger partial charge in [0.25, 0.3) is 6.43 Å². The quantitative estimate of drug-likeness (QED) is 0.699. The van der Waals surface area contributed by atoms with Gasteiger partial charge >= 0.3 is 0 Å². The molecule has 29 heavy (non-hydrogen) atoms. The molecule has 3 N–H and O–H groups in total. The van der Waals surface area contributed by atoms with Crippen LogP contribution in [0.15, 0.2) is 18.2 Å². The number of halogens is 2. The van der Waals surface area contributed by atoms with Crippen molar-refractivity contribution in [2.24, 2.45) is 5.92 Å². The lowest BCUT2D eigenvalue weighted by atomic mass is 9.91. The third-order valence-electron chi connectivity index (χ3n) is 6.28. The number of aryl methyl sites for hydroxylation is 1. The molecule has 4 rings (SSSR count). The number of nitrogens with one attached hydrogen (secondary N) is 3. The van der Waals surface area contributed by atoms with Crippen LogP contribution in [0, 0.1) is 5.92 Å². The van der Waals surface area contributed by atoms with E-state index in [4.69, 9.17) is 4.84 Å². The van der Waals surface area contributed by atoms with Crippen LogP contribution in [0.5, 0.6) is 0 Å². The lowest BCUT2D eigenvalue weighted by molar-refractivity contribution is -0.155. The van der Waals surface area contributed by atoms with Gasteiger partial charge in [-0.2, -0.15) is 5.06 Å². The third-order valence-corrected chi connectivity index (χ3v) is 6.28. The minimum absolute atomic E-state index is 0.0231. The zero-order valence-corrected chi connectivity index (χ0v) is 17.0. The first-order chi connectivity index (χ1) is 14.0. The number of hydroxylamine groups is 2. The van der Waals surface area contributed by atoms with Gasteiger partial charge in [-0.1, -0.05) is 25.1 Å². The number of carbonyl (C=O) groups excluding carboxylic acids is 1. The Hall–Kier alpha value is -1.61. The predicted molar refractivity (Wildman–Crippen MR) is 105 cm³/mol. The van der Waals surface area contributed by atoms with Crippen LogP contribution in [0.1, 0.15) is 62.0 Å². The molecule has 160 valence electrons. The van der Waals surface area contributed by atoms with Gasteiger partial charge in [0.2, 0.25) is 5.91 Å². The first kappa shape index (κ1) is 20.7. The second kappa shape index (κ2) is 8.63. The van der Waals surface area contributed by atoms with Crippen LogP contribution in [0.3, 0.4) is 0 Å². The molecule has 1 aromatic carbocycles. The number of alkyl halides is 2. The monoisotopic (exact) mass is 408 g/mol. The standard InChI is InChI=1S/C21H30F2N4O2/c1-3-27-20(25-12(2)29-27)14-4-6-16-13(10-14)5-7-17(16)26-21(28)15-8-9-24-18(11-15)19(22)23/h4,6,10,12,15,17-20,24-25H,3,5,7-9,11H2,1-2H3,(H,26,28)/t12?,15?,17-,18?,20?/m1/s1. The zero-order chi connectivity index (χ0) is 20.5. The number of benzene rings is 1. The van der Waals surface area contributed by atoms with Crippen molar-refractivity contribution in [1.29, 1.82) is 0 Å². The molecule has 1 aromatic rings. The minimum atomic E-state index is -2.44. The maximum atomic E-state index is 13.0. The van der Waals surface area contributed by atoms with Gasteiger partial charge in [0.05, 0.1) is 12.1 Å². The number of nitrogens with zero attached hydrogens (tertiary/aromatic N) is 1. The summed E-state index contributed by atoms with van der Waals surface area (Å²) in [6.45, 7) is 5.29. The molecule has 2 saturated heterocycles. The van der Waals surface area contributed by atoms with Gasteiger partial charge in [-0.3, -0.25) is 14.9 Å². The molecule has 3 aliphatic rings. The van der Waals surface area contributed by atoms with Crippen molar-refractivity contribution < 1.29 is 18.4 Å². The summed E-state index contributed by atoms with van der Waals surface area (Å²) >= 11 is 0. The molecule has 8 heteroatoms. The number of hydrogen-bond acceptors (Lipinski definition) is 5. The second-order valence-corrected chi connectivity index (χ2v) is 8.22. The van der Waals surface area contributed by atoms with E-state index in [1.807, 2.05) is 12.0 Å². The van der Waals surface area contributed by atoms with Crippen LogP contribution < -0.4 is 16.0 Å². The number of hydrogen-bond donors (Lipinski definition) is 3. The fraction of sp³-hybridized carbons (Fsp3) is 0.667. The highest BCUT2D eigenvalue weighted by Gasteiger charge is 2.35. The van der Waals surface area contributed by atoms with E-state index >= 15 is 0 Å². The summed E-state index contributed by atoms with van der Waals surface area (Å²) < 4.78 is 26.0. The summed E-state index contributed by atoms with van der Waals surface area (Å²) in [5, 5.41) is 11.3. The van der Waals surface area contributed by atoms with E-state index in [0.29, 0.717) is 13.0 Å². The average molecular weight is 408 g/mol. The van der Waals surface area contributed by atoms with Gasteiger partial charge in [-0.25, -0.2) is 8.78 Å². The van der Waals surface area contributed by atoms with Crippen molar-refractivity contribution >= 4 is 5.91 Å². The molecule has 2 fully saturated rings. The van der Waals surface area contributed by atoms with Crippen LogP contribution in [-0.2, 0) is 16.1 Å². The van der Waals surface area contributed by atoms with Crippen molar-refractivity contribution in [3.8, 4) is 0 Å². The van der Waals surface area contributed by atoms with Crippen LogP contribution in [0.25, 0.3) is 0 Å². The number of amides is 1. The highest BCUT2D eigenvalue weighted by molar-refractivity contribution is 5.79. The number of rotatable bonds is 5. The minimum Gasteiger partial charge on any atom is -0.349 e. The lowest BCUT2D eigenvalue weighted by Gasteiger charge is -2.30. The maximum Gasteiger partial charge on any atom is 0.253 e. The number of piperidine rings is 1. The highest BCUT2D eigenvalue weighted by atomic mass is 19.3. The largest absolute Gasteiger partial charge is 0.349 e. The Bertz CT molecular complexity index is 747. The van der Waals surface area contributed by atoms with Crippen LogP contribution in [-0.4, -0.2) is 42.8 Å². The third kappa shape index (κ3) is 4.30. The Morgan fingerprint density at radius 1 is 1.38 bits per heavy atom. The van der Waals surface area contributed by atoms with Gasteiger partial charge in [0.15, 0.2) is 0 Å². The first-order valence-corrected chi connectivity index (χ1v) is 10.6. The normalized spacial score (nSPS) is 32.5. The summed E-state index contributed by atoms with van der Waals surface area (Å²) in [4.78, 5) is 18.5. The lowest BCUT2D eigenvalue weighted by Crippen LogP contribution is -2.47. The van der Waals surface area contributed by atoms with E-state index < -0.39 is 12.5 Å². The summed E-state index contributed by atoms with van der Waals surface area (Å²) in [6, 6.07) is 5.44. The van der Waals surface area contributed by atoms with E-state index in [1.54, 1.807) is 0 Å². The summed E-state index contributed by atoms with van der Waals surface area (Å²) in [5.74, 6) is -0.450. The molecular weight excluding hydrogens is 378 g/mol. The zero-order valence-electron chi connectivity index (χ0n) is 17.0. The van der Waals surface area contributed by atoms with Crippen molar-refractivity contribution in [3.63, 3.8) is 0 Å². The molecule has 0 aromatic heterocycles. The molecule has 6 nitrogen and oxygen atoms in total. The number of carbonyl (C=O) groups is 1. The molecule has 0 saturated carbocycles. The van der Waals surface area contributed by atoms with E-state index in [-0.39, 0.29) is 36.7 Å². The Kier molecular flexibility index (Phi) is 6.15. The molecule has 1 aliphatic carbocycles. The van der Waals surface area contributed by atoms with Crippen molar-refractivity contribution in [2.75, 3.05) is 13.1 Å². The summed E-state index contributed by atoms with van der Waals surface area (Å²) in [7, 11) is 0. The van der Waals surface area contributed by atoms with Crippen molar-refractivity contribution in [3.05, 3.63) is 34.9 Å². The SMILES string of the molecule is CCN1OC(C)NC1c1ccc2c(c1)CC[C@H]2NC(=O)C1CCNC(C(F)F)C1. The van der Waals surface area contributed by atoms with Crippen LogP contribution in [0.4, 0.5) is 8.78 Å². The predicted octanol–water partition coefficient (Wildman–Crippen LogP) is 2.62. The molecule has 5 atom stereocenters. The van der Waals surface area contributed by atoms with Gasteiger partial charge in [-0.05, 0) is 55.8 Å². The summed E-state index contributed by atoms with van der Waals surface area (Å²) in [6.07, 6.45) is 0.102. The smallest absolute Gasteiger partial charge is 0.253 e. The van der Waals surface area contributed by atoms with Gasteiger partial charge in [0, 0.05) is 12.5 Å². The number of fused-ring (bicyclic) bond motifs is 1. The van der Waals surface area contributed by atoms with Gasteiger partial charge in [0.1, 0.15) is 12.4 Å². The Labute approximate surface area is 170 Å². The summed E-state index contributed by atoms with van der Waals surface area (Å²) in [5.41, 5.74) is 3.53. The molecule has 4 unspecified atom stereocenters. The Balaban J connectivity index is 1.42. The fourth-order valence-electron chi connectivity index (χ4n) is 4.75. The molecule has 1 amide bonds. The molecule has 2 heterocycles. The van der Waals surface area contributed by atoms with E-state index in [9.17, 15) is 13.6 Å². The molecule has 0 radical (unpaired) electrons. The second-order valence-electron chi connectivity index (χ2n) is 8.22. The highest BCUT2D eigenvalue weighted by Crippen LogP contribution is 2.35. The van der Waals surface area contributed by atoms with E-state index in [0.717, 1.165) is 30.5 Å². The van der Waals surface area contributed by atoms with E-state index in [1.165, 1.54) is 5.56 Å². The van der Waals surface area contributed by atoms with E-state index in [2.05, 4.69) is 41.1 Å². The van der Waals surface area contributed by atoms with Gasteiger partial charge in [-0.15, -0.1) is 0 Å². The van der Waals surface area contributed by atoms with Crippen LogP contribution >= 0.6 is 0 Å². The van der Waals surface area contributed by atoms with Gasteiger partial charge < -0.3 is 10.6 Å². The topological polar surface area (TPSA) is 65.6 Å². The maximum absolute atomic E-state index is 13.0. The van der Waals surface area contributed by atoms with Crippen LogP contribution in [0.2, 0.25) is 0 Å². The molecule has 0 bridgehead atoms. The fourth-order valence-corrected chi connectivity index (χ4v) is 4.75.